The van der Waals surface area contributed by atoms with Gasteiger partial charge in [-0.05, 0) is 18.2 Å². The van der Waals surface area contributed by atoms with E-state index in [9.17, 15) is 14.4 Å². The molecule has 7 nitrogen and oxygen atoms in total. The molecular weight excluding hydrogens is 356 g/mol. The van der Waals surface area contributed by atoms with E-state index in [4.69, 9.17) is 9.15 Å². The minimum absolute atomic E-state index is 0.199. The van der Waals surface area contributed by atoms with Crippen molar-refractivity contribution in [1.82, 2.24) is 9.88 Å². The van der Waals surface area contributed by atoms with Gasteiger partial charge in [0.15, 0.2) is 0 Å². The van der Waals surface area contributed by atoms with Gasteiger partial charge in [0.25, 0.3) is 5.91 Å². The first kappa shape index (κ1) is 17.7. The number of furan rings is 1. The lowest BCUT2D eigenvalue weighted by Crippen LogP contribution is -2.21. The number of nitrogens with one attached hydrogen (secondary N) is 1. The van der Waals surface area contributed by atoms with Gasteiger partial charge in [-0.2, -0.15) is 0 Å². The Kier molecular flexibility index (Phi) is 5.33. The van der Waals surface area contributed by atoms with Crippen LogP contribution in [-0.2, 0) is 17.9 Å². The van der Waals surface area contributed by atoms with Crippen LogP contribution in [0, 0.1) is 0 Å². The molecule has 8 heteroatoms. The van der Waals surface area contributed by atoms with Crippen molar-refractivity contribution in [3.05, 3.63) is 74.7 Å². The van der Waals surface area contributed by atoms with E-state index in [2.05, 4.69) is 5.32 Å². The van der Waals surface area contributed by atoms with Crippen LogP contribution >= 0.6 is 11.3 Å². The Labute approximate surface area is 152 Å². The average molecular weight is 372 g/mol. The number of para-hydroxylation sites is 1. The predicted molar refractivity (Wildman–Crippen MR) is 95.3 cm³/mol. The van der Waals surface area contributed by atoms with E-state index < -0.39 is 5.97 Å². The number of amides is 1. The minimum atomic E-state index is -0.437. The molecule has 0 aliphatic carbocycles. The molecule has 0 saturated heterocycles. The molecule has 0 aliphatic heterocycles. The van der Waals surface area contributed by atoms with Crippen molar-refractivity contribution in [2.75, 3.05) is 0 Å². The van der Waals surface area contributed by atoms with Crippen LogP contribution < -0.4 is 14.9 Å². The Morgan fingerprint density at radius 1 is 1.23 bits per heavy atom. The lowest BCUT2D eigenvalue weighted by atomic mass is 10.2. The first-order valence-corrected chi connectivity index (χ1v) is 8.62. The van der Waals surface area contributed by atoms with Crippen LogP contribution in [0.1, 0.15) is 27.9 Å². The number of rotatable bonds is 6. The summed E-state index contributed by atoms with van der Waals surface area (Å²) >= 11 is 0.856. The maximum Gasteiger partial charge on any atom is 0.308 e. The highest BCUT2D eigenvalue weighted by atomic mass is 32.1. The van der Waals surface area contributed by atoms with Crippen LogP contribution in [0.3, 0.4) is 0 Å². The third-order valence-corrected chi connectivity index (χ3v) is 4.42. The molecule has 1 aromatic carbocycles. The Morgan fingerprint density at radius 3 is 2.77 bits per heavy atom. The number of ether oxygens (including phenoxy) is 1. The van der Waals surface area contributed by atoms with Crippen molar-refractivity contribution < 1.29 is 18.7 Å². The van der Waals surface area contributed by atoms with Crippen molar-refractivity contribution in [1.29, 1.82) is 0 Å². The smallest absolute Gasteiger partial charge is 0.308 e. The molecule has 1 amide bonds. The van der Waals surface area contributed by atoms with Crippen LogP contribution in [0.2, 0.25) is 0 Å². The standard InChI is InChI=1S/C18H16N2O5S/c1-12(21)25-15-7-3-2-5-13(15)10-20-11-16(26-18(20)23)17(22)19-9-14-6-4-8-24-14/h2-8,11H,9-10H2,1H3,(H,19,22). The molecule has 0 radical (unpaired) electrons. The second kappa shape index (κ2) is 7.83. The number of aromatic nitrogens is 1. The highest BCUT2D eigenvalue weighted by Crippen LogP contribution is 2.19. The van der Waals surface area contributed by atoms with E-state index in [1.165, 1.54) is 24.0 Å². The first-order valence-electron chi connectivity index (χ1n) is 7.80. The number of thiazole rings is 1. The monoisotopic (exact) mass is 372 g/mol. The van der Waals surface area contributed by atoms with E-state index in [0.29, 0.717) is 22.0 Å². The summed E-state index contributed by atoms with van der Waals surface area (Å²) in [5.74, 6) is 0.228. The van der Waals surface area contributed by atoms with Crippen LogP contribution in [0.5, 0.6) is 5.75 Å². The fourth-order valence-corrected chi connectivity index (χ4v) is 3.10. The molecule has 0 atom stereocenters. The van der Waals surface area contributed by atoms with Gasteiger partial charge in [-0.1, -0.05) is 29.5 Å². The summed E-state index contributed by atoms with van der Waals surface area (Å²) in [6.07, 6.45) is 3.02. The Balaban J connectivity index is 1.73. The zero-order valence-electron chi connectivity index (χ0n) is 13.9. The summed E-state index contributed by atoms with van der Waals surface area (Å²) in [5.41, 5.74) is 0.671. The Hall–Kier alpha value is -3.13. The van der Waals surface area contributed by atoms with Crippen molar-refractivity contribution in [2.24, 2.45) is 0 Å². The topological polar surface area (TPSA) is 90.5 Å². The van der Waals surface area contributed by atoms with Gasteiger partial charge in [0.1, 0.15) is 16.4 Å². The second-order valence-corrected chi connectivity index (χ2v) is 6.45. The molecule has 3 aromatic rings. The van der Waals surface area contributed by atoms with Crippen molar-refractivity contribution in [3.8, 4) is 5.75 Å². The van der Waals surface area contributed by atoms with E-state index in [1.54, 1.807) is 36.4 Å². The zero-order valence-corrected chi connectivity index (χ0v) is 14.7. The molecule has 26 heavy (non-hydrogen) atoms. The van der Waals surface area contributed by atoms with E-state index >= 15 is 0 Å². The maximum absolute atomic E-state index is 12.2. The average Bonchev–Trinajstić information content (AvgIpc) is 3.24. The highest BCUT2D eigenvalue weighted by Gasteiger charge is 2.14. The van der Waals surface area contributed by atoms with Gasteiger partial charge in [0.05, 0.1) is 19.4 Å². The number of benzene rings is 1. The number of hydrogen-bond acceptors (Lipinski definition) is 6. The number of esters is 1. The summed E-state index contributed by atoms with van der Waals surface area (Å²) in [7, 11) is 0. The van der Waals surface area contributed by atoms with Gasteiger partial charge < -0.3 is 19.0 Å². The van der Waals surface area contributed by atoms with Gasteiger partial charge in [-0.15, -0.1) is 0 Å². The Bertz CT molecular complexity index is 972. The number of carbonyl (C=O) groups is 2. The van der Waals surface area contributed by atoms with Gasteiger partial charge in [-0.3, -0.25) is 14.4 Å². The molecule has 134 valence electrons. The quantitative estimate of drug-likeness (QED) is 0.530. The molecule has 1 N–H and O–H groups in total. The van der Waals surface area contributed by atoms with E-state index in [-0.39, 0.29) is 23.9 Å². The summed E-state index contributed by atoms with van der Waals surface area (Å²) in [4.78, 5) is 35.6. The molecule has 0 bridgehead atoms. The molecule has 2 aromatic heterocycles. The number of carbonyl (C=O) groups excluding carboxylic acids is 2. The molecule has 0 fully saturated rings. The first-order chi connectivity index (χ1) is 12.5. The van der Waals surface area contributed by atoms with Crippen molar-refractivity contribution in [2.45, 2.75) is 20.0 Å². The predicted octanol–water partition coefficient (Wildman–Crippen LogP) is 2.41. The zero-order chi connectivity index (χ0) is 18.5. The van der Waals surface area contributed by atoms with Gasteiger partial charge in [0, 0.05) is 18.7 Å². The molecule has 0 aliphatic rings. The third-order valence-electron chi connectivity index (χ3n) is 3.50. The summed E-state index contributed by atoms with van der Waals surface area (Å²) in [5, 5.41) is 2.70. The molecule has 2 heterocycles. The van der Waals surface area contributed by atoms with Crippen LogP contribution in [-0.4, -0.2) is 16.4 Å². The fraction of sp³-hybridized carbons (Fsp3) is 0.167. The van der Waals surface area contributed by atoms with E-state index in [1.807, 2.05) is 0 Å². The summed E-state index contributed by atoms with van der Waals surface area (Å²) < 4.78 is 11.7. The highest BCUT2D eigenvalue weighted by molar-refractivity contribution is 7.11. The lowest BCUT2D eigenvalue weighted by Gasteiger charge is -2.08. The van der Waals surface area contributed by atoms with Crippen molar-refractivity contribution >= 4 is 23.2 Å². The van der Waals surface area contributed by atoms with Gasteiger partial charge >= 0.3 is 10.8 Å². The molecular formula is C18H16N2O5S. The normalized spacial score (nSPS) is 10.5. The number of nitrogens with zero attached hydrogens (tertiary/aromatic N) is 1. The Morgan fingerprint density at radius 2 is 2.04 bits per heavy atom. The van der Waals surface area contributed by atoms with Gasteiger partial charge in [-0.25, -0.2) is 0 Å². The van der Waals surface area contributed by atoms with Crippen LogP contribution in [0.15, 0.2) is 58.1 Å². The molecule has 0 unspecified atom stereocenters. The third kappa shape index (κ3) is 4.28. The molecule has 3 rings (SSSR count). The fourth-order valence-electron chi connectivity index (χ4n) is 2.33. The minimum Gasteiger partial charge on any atom is -0.467 e. The molecule has 0 spiro atoms. The second-order valence-electron chi connectivity index (χ2n) is 5.45. The SMILES string of the molecule is CC(=O)Oc1ccccc1Cn1cc(C(=O)NCc2ccco2)sc1=O. The summed E-state index contributed by atoms with van der Waals surface area (Å²) in [6.45, 7) is 1.76. The van der Waals surface area contributed by atoms with Crippen LogP contribution in [0.25, 0.3) is 0 Å². The number of hydrogen-bond donors (Lipinski definition) is 1. The summed E-state index contributed by atoms with van der Waals surface area (Å²) in [6, 6.07) is 10.4. The molecule has 0 saturated carbocycles. The maximum atomic E-state index is 12.2. The van der Waals surface area contributed by atoms with E-state index in [0.717, 1.165) is 11.3 Å². The van der Waals surface area contributed by atoms with Gasteiger partial charge in [0.2, 0.25) is 0 Å². The largest absolute Gasteiger partial charge is 0.467 e. The van der Waals surface area contributed by atoms with Crippen molar-refractivity contribution in [3.63, 3.8) is 0 Å². The lowest BCUT2D eigenvalue weighted by molar-refractivity contribution is -0.131. The van der Waals surface area contributed by atoms with Crippen LogP contribution in [0.4, 0.5) is 0 Å².